The predicted octanol–water partition coefficient (Wildman–Crippen LogP) is -0.334. The summed E-state index contributed by atoms with van der Waals surface area (Å²) < 4.78 is 10.2. The number of ether oxygens (including phenoxy) is 2. The smallest absolute Gasteiger partial charge is 0.318 e. The molecule has 1 atom stereocenters. The zero-order chi connectivity index (χ0) is 14.4. The van der Waals surface area contributed by atoms with E-state index in [0.29, 0.717) is 46.0 Å². The molecule has 2 aliphatic heterocycles. The van der Waals surface area contributed by atoms with Crippen molar-refractivity contribution in [2.45, 2.75) is 18.9 Å². The van der Waals surface area contributed by atoms with Crippen LogP contribution in [0.1, 0.15) is 12.8 Å². The van der Waals surface area contributed by atoms with E-state index in [1.54, 1.807) is 16.9 Å². The van der Waals surface area contributed by atoms with Crippen molar-refractivity contribution in [3.05, 3.63) is 0 Å². The Labute approximate surface area is 119 Å². The number of morpholine rings is 1. The van der Waals surface area contributed by atoms with Crippen LogP contribution in [0.15, 0.2) is 0 Å². The van der Waals surface area contributed by atoms with Gasteiger partial charge in [0.05, 0.1) is 19.8 Å². The molecule has 0 aromatic carbocycles. The minimum atomic E-state index is -0.323. The summed E-state index contributed by atoms with van der Waals surface area (Å²) in [6, 6.07) is -0.498. The second kappa shape index (κ2) is 7.44. The minimum absolute atomic E-state index is 0.0488. The first-order valence-electron chi connectivity index (χ1n) is 7.14. The van der Waals surface area contributed by atoms with Gasteiger partial charge >= 0.3 is 6.03 Å². The molecule has 1 N–H and O–H groups in total. The van der Waals surface area contributed by atoms with Crippen molar-refractivity contribution < 1.29 is 19.1 Å². The first-order chi connectivity index (χ1) is 9.74. The molecule has 0 aliphatic carbocycles. The van der Waals surface area contributed by atoms with E-state index in [-0.39, 0.29) is 18.0 Å². The van der Waals surface area contributed by atoms with Crippen LogP contribution in [0.4, 0.5) is 4.79 Å². The Morgan fingerprint density at radius 2 is 2.05 bits per heavy atom. The summed E-state index contributed by atoms with van der Waals surface area (Å²) in [6.45, 7) is 3.98. The molecule has 3 amide bonds. The lowest BCUT2D eigenvalue weighted by Crippen LogP contribution is -2.53. The number of carbonyl (C=O) groups excluding carboxylic acids is 2. The molecule has 7 heteroatoms. The molecular weight excluding hydrogens is 262 g/mol. The van der Waals surface area contributed by atoms with Crippen molar-refractivity contribution in [1.82, 2.24) is 15.1 Å². The number of likely N-dealkylation sites (tertiary alicyclic amines) is 1. The van der Waals surface area contributed by atoms with Gasteiger partial charge in [0.2, 0.25) is 5.91 Å². The number of hydrogen-bond acceptors (Lipinski definition) is 4. The number of carbonyl (C=O) groups is 2. The number of nitrogens with one attached hydrogen (secondary N) is 1. The lowest BCUT2D eigenvalue weighted by molar-refractivity contribution is -0.139. The largest absolute Gasteiger partial charge is 0.383 e. The molecule has 0 aromatic heterocycles. The first-order valence-corrected chi connectivity index (χ1v) is 7.14. The SMILES string of the molecule is COCCNC(=O)N1CCC[C@@H]1C(=O)N1CCOCC1. The maximum absolute atomic E-state index is 12.5. The van der Waals surface area contributed by atoms with Crippen molar-refractivity contribution in [3.63, 3.8) is 0 Å². The highest BCUT2D eigenvalue weighted by atomic mass is 16.5. The standard InChI is InChI=1S/C13H23N3O4/c1-19-8-4-14-13(18)16-5-2-3-11(16)12(17)15-6-9-20-10-7-15/h11H,2-10H2,1H3,(H,14,18)/t11-/m1/s1. The molecule has 0 saturated carbocycles. The highest BCUT2D eigenvalue weighted by Gasteiger charge is 2.36. The maximum atomic E-state index is 12.5. The quantitative estimate of drug-likeness (QED) is 0.718. The van der Waals surface area contributed by atoms with E-state index in [4.69, 9.17) is 9.47 Å². The van der Waals surface area contributed by atoms with Gasteiger partial charge in [0.1, 0.15) is 6.04 Å². The number of methoxy groups -OCH3 is 1. The van der Waals surface area contributed by atoms with Gasteiger partial charge in [-0.15, -0.1) is 0 Å². The van der Waals surface area contributed by atoms with E-state index < -0.39 is 0 Å². The summed E-state index contributed by atoms with van der Waals surface area (Å²) >= 11 is 0. The zero-order valence-electron chi connectivity index (χ0n) is 12.0. The third-order valence-corrected chi connectivity index (χ3v) is 3.70. The summed E-state index contributed by atoms with van der Waals surface area (Å²) in [6.07, 6.45) is 1.62. The van der Waals surface area contributed by atoms with Gasteiger partial charge in [0.25, 0.3) is 0 Å². The van der Waals surface area contributed by atoms with Gasteiger partial charge in [-0.2, -0.15) is 0 Å². The Balaban J connectivity index is 1.88. The molecule has 20 heavy (non-hydrogen) atoms. The Morgan fingerprint density at radius 1 is 1.30 bits per heavy atom. The summed E-state index contributed by atoms with van der Waals surface area (Å²) in [5.74, 6) is 0.0488. The second-order valence-electron chi connectivity index (χ2n) is 5.01. The van der Waals surface area contributed by atoms with E-state index in [0.717, 1.165) is 12.8 Å². The van der Waals surface area contributed by atoms with Crippen LogP contribution in [0.25, 0.3) is 0 Å². The van der Waals surface area contributed by atoms with Crippen LogP contribution in [0.5, 0.6) is 0 Å². The third kappa shape index (κ3) is 3.61. The van der Waals surface area contributed by atoms with E-state index in [1.807, 2.05) is 0 Å². The average molecular weight is 285 g/mol. The molecule has 0 spiro atoms. The maximum Gasteiger partial charge on any atom is 0.318 e. The average Bonchev–Trinajstić information content (AvgIpc) is 2.97. The van der Waals surface area contributed by atoms with Crippen LogP contribution >= 0.6 is 0 Å². The molecule has 2 aliphatic rings. The van der Waals surface area contributed by atoms with E-state index >= 15 is 0 Å². The number of rotatable bonds is 4. The number of nitrogens with zero attached hydrogens (tertiary/aromatic N) is 2. The van der Waals surface area contributed by atoms with Crippen molar-refractivity contribution >= 4 is 11.9 Å². The predicted molar refractivity (Wildman–Crippen MR) is 72.4 cm³/mol. The monoisotopic (exact) mass is 285 g/mol. The molecule has 2 fully saturated rings. The Hall–Kier alpha value is -1.34. The molecule has 7 nitrogen and oxygen atoms in total. The Morgan fingerprint density at radius 3 is 2.75 bits per heavy atom. The number of urea groups is 1. The Bertz CT molecular complexity index is 345. The third-order valence-electron chi connectivity index (χ3n) is 3.70. The van der Waals surface area contributed by atoms with Gasteiger partial charge in [-0.05, 0) is 12.8 Å². The second-order valence-corrected chi connectivity index (χ2v) is 5.01. The molecule has 0 bridgehead atoms. The van der Waals surface area contributed by atoms with Gasteiger partial charge < -0.3 is 24.6 Å². The molecular formula is C13H23N3O4. The van der Waals surface area contributed by atoms with Gasteiger partial charge in [0.15, 0.2) is 0 Å². The highest BCUT2D eigenvalue weighted by molar-refractivity contribution is 5.87. The van der Waals surface area contributed by atoms with Gasteiger partial charge in [-0.3, -0.25) is 4.79 Å². The lowest BCUT2D eigenvalue weighted by atomic mass is 10.2. The van der Waals surface area contributed by atoms with Gasteiger partial charge in [-0.25, -0.2) is 4.79 Å². The van der Waals surface area contributed by atoms with Crippen LogP contribution in [0.2, 0.25) is 0 Å². The number of amides is 3. The van der Waals surface area contributed by atoms with Crippen LogP contribution in [0, 0.1) is 0 Å². The fourth-order valence-electron chi connectivity index (χ4n) is 2.62. The fourth-order valence-corrected chi connectivity index (χ4v) is 2.62. The first kappa shape index (κ1) is 15.1. The van der Waals surface area contributed by atoms with Crippen LogP contribution in [-0.4, -0.2) is 80.9 Å². The van der Waals surface area contributed by atoms with Crippen molar-refractivity contribution in [1.29, 1.82) is 0 Å². The molecule has 0 radical (unpaired) electrons. The normalized spacial score (nSPS) is 22.9. The minimum Gasteiger partial charge on any atom is -0.383 e. The van der Waals surface area contributed by atoms with E-state index in [1.165, 1.54) is 0 Å². The Kier molecular flexibility index (Phi) is 5.60. The van der Waals surface area contributed by atoms with E-state index in [2.05, 4.69) is 5.32 Å². The molecule has 2 rings (SSSR count). The molecule has 0 aromatic rings. The van der Waals surface area contributed by atoms with Crippen molar-refractivity contribution in [3.8, 4) is 0 Å². The van der Waals surface area contributed by atoms with Gasteiger partial charge in [-0.1, -0.05) is 0 Å². The zero-order valence-corrected chi connectivity index (χ0v) is 12.0. The molecule has 0 unspecified atom stereocenters. The summed E-state index contributed by atoms with van der Waals surface area (Å²) in [5.41, 5.74) is 0. The fraction of sp³-hybridized carbons (Fsp3) is 0.846. The van der Waals surface area contributed by atoms with Crippen molar-refractivity contribution in [2.24, 2.45) is 0 Å². The lowest BCUT2D eigenvalue weighted by Gasteiger charge is -2.32. The van der Waals surface area contributed by atoms with Crippen LogP contribution in [-0.2, 0) is 14.3 Å². The topological polar surface area (TPSA) is 71.1 Å². The highest BCUT2D eigenvalue weighted by Crippen LogP contribution is 2.20. The molecule has 2 heterocycles. The summed E-state index contributed by atoms with van der Waals surface area (Å²) in [7, 11) is 1.59. The van der Waals surface area contributed by atoms with Crippen LogP contribution in [0.3, 0.4) is 0 Å². The number of hydrogen-bond donors (Lipinski definition) is 1. The van der Waals surface area contributed by atoms with E-state index in [9.17, 15) is 9.59 Å². The van der Waals surface area contributed by atoms with Gasteiger partial charge in [0, 0.05) is 33.3 Å². The molecule has 2 saturated heterocycles. The van der Waals surface area contributed by atoms with Crippen LogP contribution < -0.4 is 5.32 Å². The molecule has 114 valence electrons. The summed E-state index contributed by atoms with van der Waals surface area (Å²) in [5, 5.41) is 2.78. The van der Waals surface area contributed by atoms with Crippen molar-refractivity contribution in [2.75, 3.05) is 53.1 Å². The summed E-state index contributed by atoms with van der Waals surface area (Å²) in [4.78, 5) is 28.0.